The number of benzene rings is 3. The van der Waals surface area contributed by atoms with E-state index in [1.807, 2.05) is 91.8 Å². The number of pyridine rings is 3. The Bertz CT molecular complexity index is 4670. The number of hydrogen-bond acceptors (Lipinski definition) is 16. The number of amides is 5. The van der Waals surface area contributed by atoms with E-state index in [1.54, 1.807) is 96.4 Å². The third-order valence-electron chi connectivity index (χ3n) is 19.5. The lowest BCUT2D eigenvalue weighted by atomic mass is 9.90. The summed E-state index contributed by atoms with van der Waals surface area (Å²) in [6.45, 7) is 24.7. The molecule has 22 nitrogen and oxygen atoms in total. The number of nitrogens with zero attached hydrogens (tertiary/aromatic N) is 7. The van der Waals surface area contributed by atoms with Crippen molar-refractivity contribution in [1.82, 2.24) is 50.5 Å². The van der Waals surface area contributed by atoms with Crippen molar-refractivity contribution in [3.05, 3.63) is 220 Å². The van der Waals surface area contributed by atoms with Crippen LogP contribution in [0.25, 0.3) is 22.4 Å². The summed E-state index contributed by atoms with van der Waals surface area (Å²) in [5, 5.41) is 13.7. The highest BCUT2D eigenvalue weighted by Gasteiger charge is 2.42. The molecule has 0 spiro atoms. The summed E-state index contributed by atoms with van der Waals surface area (Å²) in [5.41, 5.74) is 12.6. The molecule has 25 heteroatoms. The van der Waals surface area contributed by atoms with Gasteiger partial charge >= 0.3 is 18.2 Å². The molecule has 0 saturated carbocycles. The number of aromatic nitrogens is 5. The van der Waals surface area contributed by atoms with Crippen molar-refractivity contribution in [2.45, 2.75) is 140 Å². The Morgan fingerprint density at radius 2 is 0.898 bits per heavy atom. The third kappa shape index (κ3) is 19.8. The Morgan fingerprint density at radius 1 is 0.491 bits per heavy atom. The van der Waals surface area contributed by atoms with Crippen molar-refractivity contribution in [3.8, 4) is 5.69 Å². The first kappa shape index (κ1) is 80.6. The number of aryl methyl sites for hydroxylation is 8. The van der Waals surface area contributed by atoms with Gasteiger partial charge in [0.2, 0.25) is 0 Å². The fourth-order valence-electron chi connectivity index (χ4n) is 14.4. The van der Waals surface area contributed by atoms with Gasteiger partial charge in [-0.2, -0.15) is 5.10 Å². The van der Waals surface area contributed by atoms with Crippen LogP contribution >= 0.6 is 39.1 Å². The summed E-state index contributed by atoms with van der Waals surface area (Å²) in [5.74, 6) is -1.47. The lowest BCUT2D eigenvalue weighted by Crippen LogP contribution is -2.28. The number of halogens is 3. The predicted molar refractivity (Wildman–Crippen MR) is 416 cm³/mol. The van der Waals surface area contributed by atoms with Gasteiger partial charge in [-0.1, -0.05) is 64.7 Å². The van der Waals surface area contributed by atoms with Crippen molar-refractivity contribution in [2.75, 3.05) is 45.8 Å². The molecule has 5 amide bonds. The van der Waals surface area contributed by atoms with Crippen LogP contribution in [-0.4, -0.2) is 134 Å². The van der Waals surface area contributed by atoms with Gasteiger partial charge in [0.05, 0.1) is 39.0 Å². The van der Waals surface area contributed by atoms with E-state index in [1.165, 1.54) is 12.3 Å². The fraction of sp³-hybridized carbons (Fsp3) is 0.386. The van der Waals surface area contributed by atoms with Crippen LogP contribution in [0.5, 0.6) is 0 Å². The van der Waals surface area contributed by atoms with Gasteiger partial charge in [0, 0.05) is 117 Å². The number of allylic oxidation sites excluding steroid dienone is 6. The van der Waals surface area contributed by atoms with Crippen molar-refractivity contribution in [1.29, 1.82) is 0 Å². The smallest absolute Gasteiger partial charge is 0.414 e. The number of hydrogen-bond donors (Lipinski definition) is 3. The molecule has 0 radical (unpaired) electrons. The molecule has 3 atom stereocenters. The monoisotopic (exact) mass is 1570 g/mol. The molecule has 2 saturated heterocycles. The molecule has 108 heavy (non-hydrogen) atoms. The first-order valence-electron chi connectivity index (χ1n) is 36.4. The molecular formula is C83H91BrCl2N10O12. The summed E-state index contributed by atoms with van der Waals surface area (Å²) < 4.78 is 20.0. The molecule has 566 valence electrons. The summed E-state index contributed by atoms with van der Waals surface area (Å²) in [4.78, 5) is 132. The Hall–Kier alpha value is -9.97. The molecule has 12 rings (SSSR count). The highest BCUT2D eigenvalue weighted by molar-refractivity contribution is 9.10. The maximum absolute atomic E-state index is 13.8. The van der Waals surface area contributed by atoms with Gasteiger partial charge < -0.3 is 40.0 Å². The van der Waals surface area contributed by atoms with Crippen molar-refractivity contribution in [3.63, 3.8) is 0 Å². The van der Waals surface area contributed by atoms with Crippen LogP contribution < -0.4 is 16.0 Å². The number of ether oxygens (including phenoxy) is 3. The first-order chi connectivity index (χ1) is 51.4. The standard InChI is InChI=1S/C29H30ClN5O4.C27H30BrN3O4.C27H31ClN2O4/c1-18-13-22(35-17-21(30)16-33-35)14-19(2)25(18)26-24(39-29(38)34-11-5-6-12-34)15-20(27(26)36)8-10-32-28(37)23-7-3-4-9-31-23;1-16-12-17(2)23(18(3)13-16)24-22(35-27(34)31-10-4-5-11-31)14-19(25(24)32)8-9-29-26(33)21-7-6-20(28)15-30-21;1-15-11-16(2)22(17(3)12-15)23-21(34-26(33)27(4,5)6)13-18(24(23)31)7-9-30-25(32)20-14-19(28)8-10-29-20/h3-4,7,9,13-14,16-17,20H,5-6,8,10-12,15H2,1-2H3,(H,32,37);6-7,12-13,15,19H,4-5,8-11,14H2,1-3H3,(H,29,33);8,10-12,14,18H,7,9,13H2,1-6H3,(H,30,32). The van der Waals surface area contributed by atoms with E-state index in [2.05, 4.69) is 51.9 Å². The van der Waals surface area contributed by atoms with Gasteiger partial charge in [-0.25, -0.2) is 19.3 Å². The van der Waals surface area contributed by atoms with Gasteiger partial charge in [-0.05, 0) is 236 Å². The number of rotatable bonds is 19. The molecule has 2 aliphatic heterocycles. The number of likely N-dealkylation sites (tertiary alicyclic amines) is 2. The average Bonchev–Trinajstić information content (AvgIpc) is 1.61. The van der Waals surface area contributed by atoms with Gasteiger partial charge in [0.25, 0.3) is 17.7 Å². The number of ketones is 3. The summed E-state index contributed by atoms with van der Waals surface area (Å²) in [6.07, 6.45) is 13.1. The summed E-state index contributed by atoms with van der Waals surface area (Å²) in [7, 11) is 0. The molecule has 3 N–H and O–H groups in total. The van der Waals surface area contributed by atoms with E-state index in [4.69, 9.17) is 37.4 Å². The number of esters is 1. The number of carbonyl (C=O) groups is 9. The van der Waals surface area contributed by atoms with Crippen LogP contribution in [0.3, 0.4) is 0 Å². The molecule has 7 aromatic rings. The van der Waals surface area contributed by atoms with Crippen LogP contribution in [0.2, 0.25) is 10.0 Å². The Labute approximate surface area is 648 Å². The molecule has 3 aromatic carbocycles. The van der Waals surface area contributed by atoms with Crippen molar-refractivity contribution < 1.29 is 57.4 Å². The first-order valence-corrected chi connectivity index (χ1v) is 37.9. The van der Waals surface area contributed by atoms with Crippen LogP contribution in [0.4, 0.5) is 9.59 Å². The lowest BCUT2D eigenvalue weighted by molar-refractivity contribution is -0.148. The van der Waals surface area contributed by atoms with Crippen LogP contribution in [-0.2, 0) is 33.4 Å². The minimum Gasteiger partial charge on any atom is -0.430 e. The van der Waals surface area contributed by atoms with E-state index < -0.39 is 23.3 Å². The highest BCUT2D eigenvalue weighted by atomic mass is 79.9. The minimum atomic E-state index is -0.700. The van der Waals surface area contributed by atoms with Crippen LogP contribution in [0.15, 0.2) is 132 Å². The van der Waals surface area contributed by atoms with E-state index in [-0.39, 0.29) is 65.3 Å². The van der Waals surface area contributed by atoms with Gasteiger partial charge in [-0.15, -0.1) is 0 Å². The van der Waals surface area contributed by atoms with Gasteiger partial charge in [-0.3, -0.25) is 43.5 Å². The van der Waals surface area contributed by atoms with E-state index >= 15 is 0 Å². The van der Waals surface area contributed by atoms with Gasteiger partial charge in [0.1, 0.15) is 34.4 Å². The van der Waals surface area contributed by atoms with Crippen LogP contribution in [0.1, 0.15) is 178 Å². The van der Waals surface area contributed by atoms with E-state index in [0.717, 1.165) is 97.0 Å². The number of Topliss-reactive ketones (excluding diaryl/α,β-unsaturated/α-hetero) is 3. The zero-order chi connectivity index (χ0) is 77.8. The zero-order valence-electron chi connectivity index (χ0n) is 62.8. The van der Waals surface area contributed by atoms with Crippen molar-refractivity contribution in [2.24, 2.45) is 23.2 Å². The Kier molecular flexibility index (Phi) is 26.7. The van der Waals surface area contributed by atoms with Crippen molar-refractivity contribution >= 4 is 109 Å². The molecule has 4 aromatic heterocycles. The Morgan fingerprint density at radius 3 is 1.28 bits per heavy atom. The second-order valence-corrected chi connectivity index (χ2v) is 30.9. The third-order valence-corrected chi connectivity index (χ3v) is 20.4. The normalized spacial score (nSPS) is 17.0. The summed E-state index contributed by atoms with van der Waals surface area (Å²) >= 11 is 15.3. The molecular weight excluding hydrogens is 1480 g/mol. The average molecular weight is 1570 g/mol. The molecule has 2 fully saturated rings. The Balaban J connectivity index is 0.000000173. The summed E-state index contributed by atoms with van der Waals surface area (Å²) in [6, 6.07) is 23.6. The second kappa shape index (κ2) is 35.8. The maximum atomic E-state index is 13.8. The van der Waals surface area contributed by atoms with Gasteiger partial charge in [0.15, 0.2) is 17.3 Å². The lowest BCUT2D eigenvalue weighted by Gasteiger charge is -2.18. The second-order valence-electron chi connectivity index (χ2n) is 29.1. The molecule has 3 aliphatic carbocycles. The molecule has 5 aliphatic rings. The SMILES string of the molecule is Cc1cc(-n2cc(Cl)cn2)cc(C)c1C1=C(OC(=O)N2CCCC2)CC(CCNC(=O)c2ccccn2)C1=O.Cc1cc(C)c(C2=C(OC(=O)C(C)(C)C)CC(CCNC(=O)c3cc(Cl)ccn3)C2=O)c(C)c1.Cc1cc(C)c(C2=C(OC(=O)N3CCCC3)CC(CCNC(=O)c3ccc(Br)cn3)C2=O)c(C)c1. The predicted octanol–water partition coefficient (Wildman–Crippen LogP) is 15.4. The minimum absolute atomic E-state index is 0.0414. The molecule has 6 heterocycles. The highest BCUT2D eigenvalue weighted by Crippen LogP contribution is 2.44. The van der Waals surface area contributed by atoms with E-state index in [0.29, 0.717) is 133 Å². The topological polar surface area (TPSA) is 280 Å². The maximum Gasteiger partial charge on any atom is 0.414 e. The number of carbonyl (C=O) groups excluding carboxylic acids is 9. The number of nitrogens with one attached hydrogen (secondary N) is 3. The fourth-order valence-corrected chi connectivity index (χ4v) is 14.9. The zero-order valence-corrected chi connectivity index (χ0v) is 65.9. The molecule has 0 bridgehead atoms. The largest absolute Gasteiger partial charge is 0.430 e. The van der Waals surface area contributed by atoms with Crippen LogP contribution in [0, 0.1) is 78.6 Å². The van der Waals surface area contributed by atoms with E-state index in [9.17, 15) is 43.2 Å². The molecule has 3 unspecified atom stereocenters. The quantitative estimate of drug-likeness (QED) is 0.0501.